The summed E-state index contributed by atoms with van der Waals surface area (Å²) in [4.78, 5) is 12.3. The molecule has 0 unspecified atom stereocenters. The number of carbonyl (C=O) groups is 1. The van der Waals surface area contributed by atoms with E-state index in [4.69, 9.17) is 10.5 Å². The summed E-state index contributed by atoms with van der Waals surface area (Å²) in [7, 11) is 0. The van der Waals surface area contributed by atoms with E-state index in [0.29, 0.717) is 29.7 Å². The van der Waals surface area contributed by atoms with Gasteiger partial charge in [0, 0.05) is 5.69 Å². The van der Waals surface area contributed by atoms with Crippen molar-refractivity contribution in [3.8, 4) is 0 Å². The highest BCUT2D eigenvalue weighted by molar-refractivity contribution is 5.95. The number of hydrogen-bond donors (Lipinski definition) is 1. The Morgan fingerprint density at radius 1 is 0.958 bits per heavy atom. The lowest BCUT2D eigenvalue weighted by Crippen LogP contribution is -2.16. The number of nitrogen functional groups attached to an aromatic ring is 1. The van der Waals surface area contributed by atoms with Crippen molar-refractivity contribution in [3.05, 3.63) is 28.8 Å². The van der Waals surface area contributed by atoms with Crippen molar-refractivity contribution in [2.45, 2.75) is 83.0 Å². The lowest BCUT2D eigenvalue weighted by Gasteiger charge is -2.30. The summed E-state index contributed by atoms with van der Waals surface area (Å²) < 4.78 is 5.22. The van der Waals surface area contributed by atoms with Crippen molar-refractivity contribution < 1.29 is 9.53 Å². The molecule has 1 aromatic rings. The van der Waals surface area contributed by atoms with Crippen LogP contribution in [0, 0.1) is 0 Å². The van der Waals surface area contributed by atoms with Gasteiger partial charge in [-0.15, -0.1) is 0 Å². The van der Waals surface area contributed by atoms with Gasteiger partial charge in [-0.3, -0.25) is 0 Å². The molecule has 132 valence electrons. The fraction of sp³-hybridized carbons (Fsp3) is 0.667. The van der Waals surface area contributed by atoms with E-state index < -0.39 is 0 Å². The van der Waals surface area contributed by atoms with Crippen LogP contribution in [0.4, 0.5) is 5.69 Å². The SMILES string of the molecule is CCOC(=O)c1cc(C2CCCCC2)c(C2CCCCC2)cc1N. The van der Waals surface area contributed by atoms with E-state index in [2.05, 4.69) is 12.1 Å². The molecule has 2 saturated carbocycles. The van der Waals surface area contributed by atoms with Gasteiger partial charge in [0.15, 0.2) is 0 Å². The van der Waals surface area contributed by atoms with Crippen molar-refractivity contribution in [2.24, 2.45) is 0 Å². The first kappa shape index (κ1) is 17.3. The van der Waals surface area contributed by atoms with Crippen LogP contribution >= 0.6 is 0 Å². The molecule has 0 aromatic heterocycles. The Hall–Kier alpha value is -1.51. The van der Waals surface area contributed by atoms with Crippen LogP contribution in [0.1, 0.15) is 104 Å². The maximum atomic E-state index is 12.3. The highest BCUT2D eigenvalue weighted by Gasteiger charge is 2.26. The largest absolute Gasteiger partial charge is 0.462 e. The number of hydrogen-bond acceptors (Lipinski definition) is 3. The van der Waals surface area contributed by atoms with Crippen LogP contribution in [0.15, 0.2) is 12.1 Å². The van der Waals surface area contributed by atoms with E-state index in [1.54, 1.807) is 0 Å². The monoisotopic (exact) mass is 329 g/mol. The van der Waals surface area contributed by atoms with Crippen LogP contribution in [-0.4, -0.2) is 12.6 Å². The molecule has 0 radical (unpaired) electrons. The predicted molar refractivity (Wildman–Crippen MR) is 98.5 cm³/mol. The number of rotatable bonds is 4. The maximum Gasteiger partial charge on any atom is 0.340 e. The Kier molecular flexibility index (Phi) is 5.80. The minimum atomic E-state index is -0.276. The topological polar surface area (TPSA) is 52.3 Å². The molecule has 0 heterocycles. The van der Waals surface area contributed by atoms with Gasteiger partial charge >= 0.3 is 5.97 Å². The predicted octanol–water partition coefficient (Wildman–Crippen LogP) is 5.54. The van der Waals surface area contributed by atoms with Crippen LogP contribution in [0.5, 0.6) is 0 Å². The number of ether oxygens (including phenoxy) is 1. The number of esters is 1. The zero-order chi connectivity index (χ0) is 16.9. The lowest BCUT2D eigenvalue weighted by molar-refractivity contribution is 0.0527. The van der Waals surface area contributed by atoms with Gasteiger partial charge in [-0.1, -0.05) is 38.5 Å². The van der Waals surface area contributed by atoms with Crippen LogP contribution in [0.2, 0.25) is 0 Å². The number of anilines is 1. The van der Waals surface area contributed by atoms with Gasteiger partial charge in [-0.25, -0.2) is 4.79 Å². The van der Waals surface area contributed by atoms with Crippen molar-refractivity contribution in [2.75, 3.05) is 12.3 Å². The average Bonchev–Trinajstić information content (AvgIpc) is 2.63. The molecular weight excluding hydrogens is 298 g/mol. The molecule has 24 heavy (non-hydrogen) atoms. The molecule has 3 heteroatoms. The molecular formula is C21H31NO2. The van der Waals surface area contributed by atoms with Crippen molar-refractivity contribution in [1.29, 1.82) is 0 Å². The van der Waals surface area contributed by atoms with E-state index >= 15 is 0 Å². The summed E-state index contributed by atoms with van der Waals surface area (Å²) in [5.74, 6) is 0.931. The van der Waals surface area contributed by atoms with E-state index in [9.17, 15) is 4.79 Å². The summed E-state index contributed by atoms with van der Waals surface area (Å²) in [6.07, 6.45) is 12.9. The van der Waals surface area contributed by atoms with E-state index in [0.717, 1.165) is 0 Å². The first-order valence-electron chi connectivity index (χ1n) is 9.81. The van der Waals surface area contributed by atoms with Gasteiger partial charge in [0.05, 0.1) is 12.2 Å². The van der Waals surface area contributed by atoms with Crippen LogP contribution in [-0.2, 0) is 4.74 Å². The van der Waals surface area contributed by atoms with Gasteiger partial charge < -0.3 is 10.5 Å². The first-order chi connectivity index (χ1) is 11.7. The van der Waals surface area contributed by atoms with E-state index in [-0.39, 0.29) is 5.97 Å². The second kappa shape index (κ2) is 8.04. The molecule has 1 aromatic carbocycles. The normalized spacial score (nSPS) is 20.0. The zero-order valence-corrected chi connectivity index (χ0v) is 15.0. The highest BCUT2D eigenvalue weighted by atomic mass is 16.5. The molecule has 0 amide bonds. The summed E-state index contributed by atoms with van der Waals surface area (Å²) in [5, 5.41) is 0. The molecule has 2 N–H and O–H groups in total. The van der Waals surface area contributed by atoms with E-state index in [1.807, 2.05) is 6.92 Å². The smallest absolute Gasteiger partial charge is 0.340 e. The summed E-state index contributed by atoms with van der Waals surface area (Å²) in [5.41, 5.74) is 10.2. The molecule has 3 nitrogen and oxygen atoms in total. The first-order valence-corrected chi connectivity index (χ1v) is 9.81. The Labute approximate surface area is 146 Å². The Morgan fingerprint density at radius 3 is 1.96 bits per heavy atom. The molecule has 2 aliphatic carbocycles. The minimum absolute atomic E-state index is 0.276. The average molecular weight is 329 g/mol. The van der Waals surface area contributed by atoms with Crippen LogP contribution < -0.4 is 5.73 Å². The Bertz CT molecular complexity index is 569. The van der Waals surface area contributed by atoms with Crippen molar-refractivity contribution >= 4 is 11.7 Å². The van der Waals surface area contributed by atoms with Crippen molar-refractivity contribution in [3.63, 3.8) is 0 Å². The highest BCUT2D eigenvalue weighted by Crippen LogP contribution is 2.42. The minimum Gasteiger partial charge on any atom is -0.462 e. The number of carbonyl (C=O) groups excluding carboxylic acids is 1. The Morgan fingerprint density at radius 2 is 1.46 bits per heavy atom. The maximum absolute atomic E-state index is 12.3. The summed E-state index contributed by atoms with van der Waals surface area (Å²) in [6, 6.07) is 4.18. The molecule has 0 bridgehead atoms. The summed E-state index contributed by atoms with van der Waals surface area (Å²) in [6.45, 7) is 2.23. The second-order valence-electron chi connectivity index (χ2n) is 7.46. The van der Waals surface area contributed by atoms with Gasteiger partial charge in [-0.2, -0.15) is 0 Å². The van der Waals surface area contributed by atoms with Crippen LogP contribution in [0.25, 0.3) is 0 Å². The fourth-order valence-corrected chi connectivity index (χ4v) is 4.57. The molecule has 0 spiro atoms. The zero-order valence-electron chi connectivity index (χ0n) is 15.0. The van der Waals surface area contributed by atoms with Gasteiger partial charge in [-0.05, 0) is 67.7 Å². The third kappa shape index (κ3) is 3.76. The van der Waals surface area contributed by atoms with Gasteiger partial charge in [0.25, 0.3) is 0 Å². The van der Waals surface area contributed by atoms with Gasteiger partial charge in [0.2, 0.25) is 0 Å². The second-order valence-corrected chi connectivity index (χ2v) is 7.46. The summed E-state index contributed by atoms with van der Waals surface area (Å²) >= 11 is 0. The molecule has 3 rings (SSSR count). The fourth-order valence-electron chi connectivity index (χ4n) is 4.57. The molecule has 2 aliphatic rings. The number of nitrogens with two attached hydrogens (primary N) is 1. The Balaban J connectivity index is 1.98. The quantitative estimate of drug-likeness (QED) is 0.583. The lowest BCUT2D eigenvalue weighted by atomic mass is 9.75. The standard InChI is InChI=1S/C21H31NO2/c1-2-24-21(23)19-13-17(15-9-5-3-6-10-15)18(14-20(19)22)16-11-7-4-8-12-16/h13-16H,2-12,22H2,1H3. The number of benzene rings is 1. The molecule has 2 fully saturated rings. The third-order valence-electron chi connectivity index (χ3n) is 5.84. The molecule has 0 saturated heterocycles. The van der Waals surface area contributed by atoms with Crippen molar-refractivity contribution in [1.82, 2.24) is 0 Å². The van der Waals surface area contributed by atoms with Gasteiger partial charge in [0.1, 0.15) is 0 Å². The third-order valence-corrected chi connectivity index (χ3v) is 5.84. The van der Waals surface area contributed by atoms with E-state index in [1.165, 1.54) is 75.3 Å². The molecule has 0 atom stereocenters. The van der Waals surface area contributed by atoms with Crippen LogP contribution in [0.3, 0.4) is 0 Å². The molecule has 0 aliphatic heterocycles.